The van der Waals surface area contributed by atoms with Crippen molar-refractivity contribution in [2.24, 2.45) is 0 Å². The highest BCUT2D eigenvalue weighted by molar-refractivity contribution is 7.98. The molecule has 2 aromatic heterocycles. The summed E-state index contributed by atoms with van der Waals surface area (Å²) >= 11 is 7.65. The summed E-state index contributed by atoms with van der Waals surface area (Å²) < 4.78 is 2.47. The molecule has 118 valence electrons. The van der Waals surface area contributed by atoms with Gasteiger partial charge in [-0.2, -0.15) is 0 Å². The van der Waals surface area contributed by atoms with Crippen LogP contribution in [0, 0.1) is 13.8 Å². The van der Waals surface area contributed by atoms with E-state index in [2.05, 4.69) is 23.4 Å². The fourth-order valence-electron chi connectivity index (χ4n) is 3.11. The molecule has 3 nitrogen and oxygen atoms in total. The number of hydrogen-bond donors (Lipinski definition) is 0. The van der Waals surface area contributed by atoms with E-state index in [1.54, 1.807) is 11.8 Å². The second-order valence-electron chi connectivity index (χ2n) is 6.00. The summed E-state index contributed by atoms with van der Waals surface area (Å²) in [6.07, 6.45) is 8.48. The number of aryl methyl sites for hydroxylation is 1. The SMILES string of the molecule is Cc1nc(SCc2ccc(Cl)nc2)n(C2CCCCC2)c1C. The topological polar surface area (TPSA) is 30.7 Å². The monoisotopic (exact) mass is 335 g/mol. The molecule has 0 aromatic carbocycles. The predicted molar refractivity (Wildman–Crippen MR) is 92.6 cm³/mol. The van der Waals surface area contributed by atoms with Gasteiger partial charge in [0.15, 0.2) is 5.16 Å². The second kappa shape index (κ2) is 7.05. The van der Waals surface area contributed by atoms with E-state index in [1.165, 1.54) is 43.4 Å². The summed E-state index contributed by atoms with van der Waals surface area (Å²) in [5.41, 5.74) is 3.66. The molecule has 0 bridgehead atoms. The van der Waals surface area contributed by atoms with Crippen molar-refractivity contribution in [1.29, 1.82) is 0 Å². The summed E-state index contributed by atoms with van der Waals surface area (Å²) in [4.78, 5) is 8.95. The number of halogens is 1. The van der Waals surface area contributed by atoms with Crippen molar-refractivity contribution in [2.45, 2.75) is 62.9 Å². The zero-order chi connectivity index (χ0) is 15.5. The quantitative estimate of drug-likeness (QED) is 0.557. The van der Waals surface area contributed by atoms with Gasteiger partial charge < -0.3 is 4.57 Å². The van der Waals surface area contributed by atoms with Gasteiger partial charge >= 0.3 is 0 Å². The van der Waals surface area contributed by atoms with E-state index >= 15 is 0 Å². The van der Waals surface area contributed by atoms with E-state index in [0.717, 1.165) is 16.6 Å². The van der Waals surface area contributed by atoms with E-state index in [1.807, 2.05) is 18.3 Å². The fourth-order valence-corrected chi connectivity index (χ4v) is 4.31. The number of nitrogens with zero attached hydrogens (tertiary/aromatic N) is 3. The number of imidazole rings is 1. The first-order valence-corrected chi connectivity index (χ1v) is 9.30. The van der Waals surface area contributed by atoms with Crippen molar-refractivity contribution in [3.05, 3.63) is 40.4 Å². The Morgan fingerprint density at radius 2 is 2.00 bits per heavy atom. The van der Waals surface area contributed by atoms with Gasteiger partial charge in [-0.05, 0) is 38.3 Å². The molecule has 1 aliphatic carbocycles. The van der Waals surface area contributed by atoms with E-state index < -0.39 is 0 Å². The Kier molecular flexibility index (Phi) is 5.09. The molecule has 1 aliphatic rings. The fraction of sp³-hybridized carbons (Fsp3) is 0.529. The minimum absolute atomic E-state index is 0.546. The van der Waals surface area contributed by atoms with E-state index in [-0.39, 0.29) is 0 Å². The van der Waals surface area contributed by atoms with Gasteiger partial charge in [-0.25, -0.2) is 9.97 Å². The first kappa shape index (κ1) is 15.9. The van der Waals surface area contributed by atoms with Crippen LogP contribution in [0.1, 0.15) is 55.1 Å². The molecule has 0 N–H and O–H groups in total. The normalized spacial score (nSPS) is 16.1. The maximum absolute atomic E-state index is 5.85. The lowest BCUT2D eigenvalue weighted by Crippen LogP contribution is -2.15. The molecule has 2 heterocycles. The first-order valence-electron chi connectivity index (χ1n) is 7.94. The van der Waals surface area contributed by atoms with Gasteiger partial charge in [-0.3, -0.25) is 0 Å². The molecule has 0 aliphatic heterocycles. The Morgan fingerprint density at radius 3 is 2.68 bits per heavy atom. The molecule has 1 saturated carbocycles. The molecule has 2 aromatic rings. The van der Waals surface area contributed by atoms with Crippen LogP contribution in [0.2, 0.25) is 5.15 Å². The molecule has 22 heavy (non-hydrogen) atoms. The summed E-state index contributed by atoms with van der Waals surface area (Å²) in [7, 11) is 0. The van der Waals surface area contributed by atoms with Gasteiger partial charge in [0.05, 0.1) is 5.69 Å². The number of rotatable bonds is 4. The minimum Gasteiger partial charge on any atom is -0.320 e. The molecular weight excluding hydrogens is 314 g/mol. The largest absolute Gasteiger partial charge is 0.320 e. The highest BCUT2D eigenvalue weighted by Gasteiger charge is 2.21. The molecule has 3 rings (SSSR count). The maximum atomic E-state index is 5.85. The number of aromatic nitrogens is 3. The molecular formula is C17H22ClN3S. The van der Waals surface area contributed by atoms with Gasteiger partial charge in [-0.1, -0.05) is 48.7 Å². The van der Waals surface area contributed by atoms with Crippen LogP contribution in [0.25, 0.3) is 0 Å². The van der Waals surface area contributed by atoms with Gasteiger partial charge in [0.25, 0.3) is 0 Å². The average molecular weight is 336 g/mol. The predicted octanol–water partition coefficient (Wildman–Crippen LogP) is 5.35. The molecule has 0 amide bonds. The molecule has 5 heteroatoms. The van der Waals surface area contributed by atoms with Crippen LogP contribution >= 0.6 is 23.4 Å². The molecule has 0 spiro atoms. The number of hydrogen-bond acceptors (Lipinski definition) is 3. The number of pyridine rings is 1. The van der Waals surface area contributed by atoms with Crippen LogP contribution in [0.15, 0.2) is 23.5 Å². The summed E-state index contributed by atoms with van der Waals surface area (Å²) in [5.74, 6) is 0.882. The lowest BCUT2D eigenvalue weighted by atomic mass is 9.95. The minimum atomic E-state index is 0.546. The van der Waals surface area contributed by atoms with Crippen molar-refractivity contribution < 1.29 is 0 Å². The van der Waals surface area contributed by atoms with E-state index in [4.69, 9.17) is 16.6 Å². The Bertz CT molecular complexity index is 630. The molecule has 0 saturated heterocycles. The van der Waals surface area contributed by atoms with Crippen LogP contribution in [0.3, 0.4) is 0 Å². The molecule has 0 atom stereocenters. The van der Waals surface area contributed by atoms with Crippen LogP contribution in [-0.2, 0) is 5.75 Å². The second-order valence-corrected chi connectivity index (χ2v) is 7.33. The molecule has 1 fully saturated rings. The zero-order valence-electron chi connectivity index (χ0n) is 13.2. The average Bonchev–Trinajstić information content (AvgIpc) is 2.82. The van der Waals surface area contributed by atoms with Gasteiger partial charge in [0.1, 0.15) is 5.15 Å². The summed E-state index contributed by atoms with van der Waals surface area (Å²) in [5, 5.41) is 1.70. The summed E-state index contributed by atoms with van der Waals surface area (Å²) in [6, 6.07) is 4.51. The zero-order valence-corrected chi connectivity index (χ0v) is 14.8. The highest BCUT2D eigenvalue weighted by atomic mass is 35.5. The highest BCUT2D eigenvalue weighted by Crippen LogP contribution is 2.35. The Labute approximate surface area is 141 Å². The van der Waals surface area contributed by atoms with Crippen molar-refractivity contribution in [2.75, 3.05) is 0 Å². The van der Waals surface area contributed by atoms with Crippen molar-refractivity contribution in [3.8, 4) is 0 Å². The lowest BCUT2D eigenvalue weighted by Gasteiger charge is -2.26. The summed E-state index contributed by atoms with van der Waals surface area (Å²) in [6.45, 7) is 4.31. The lowest BCUT2D eigenvalue weighted by molar-refractivity contribution is 0.332. The smallest absolute Gasteiger partial charge is 0.169 e. The molecule has 0 unspecified atom stereocenters. The van der Waals surface area contributed by atoms with Crippen LogP contribution < -0.4 is 0 Å². The first-order chi connectivity index (χ1) is 10.6. The third-order valence-electron chi connectivity index (χ3n) is 4.45. The Morgan fingerprint density at radius 1 is 1.23 bits per heavy atom. The van der Waals surface area contributed by atoms with E-state index in [0.29, 0.717) is 11.2 Å². The van der Waals surface area contributed by atoms with Gasteiger partial charge in [0, 0.05) is 23.7 Å². The third kappa shape index (κ3) is 3.49. The van der Waals surface area contributed by atoms with Gasteiger partial charge in [0.2, 0.25) is 0 Å². The van der Waals surface area contributed by atoms with Gasteiger partial charge in [-0.15, -0.1) is 0 Å². The van der Waals surface area contributed by atoms with Crippen molar-refractivity contribution in [3.63, 3.8) is 0 Å². The molecule has 0 radical (unpaired) electrons. The van der Waals surface area contributed by atoms with Crippen LogP contribution in [0.4, 0.5) is 0 Å². The van der Waals surface area contributed by atoms with Crippen LogP contribution in [0.5, 0.6) is 0 Å². The number of thioether (sulfide) groups is 1. The Hall–Kier alpha value is -1.00. The van der Waals surface area contributed by atoms with Crippen molar-refractivity contribution >= 4 is 23.4 Å². The Balaban J connectivity index is 1.77. The third-order valence-corrected chi connectivity index (χ3v) is 5.70. The van der Waals surface area contributed by atoms with Crippen LogP contribution in [-0.4, -0.2) is 14.5 Å². The van der Waals surface area contributed by atoms with E-state index in [9.17, 15) is 0 Å². The maximum Gasteiger partial charge on any atom is 0.169 e. The van der Waals surface area contributed by atoms with Crippen molar-refractivity contribution in [1.82, 2.24) is 14.5 Å². The standard InChI is InChI=1S/C17H22ClN3S/c1-12-13(2)21(15-6-4-3-5-7-15)17(20-12)22-11-14-8-9-16(18)19-10-14/h8-10,15H,3-7,11H2,1-2H3.